The summed E-state index contributed by atoms with van der Waals surface area (Å²) >= 11 is 0. The van der Waals surface area contributed by atoms with Gasteiger partial charge in [0.2, 0.25) is 11.8 Å². The van der Waals surface area contributed by atoms with Crippen molar-refractivity contribution < 1.29 is 23.5 Å². The van der Waals surface area contributed by atoms with Crippen LogP contribution in [0.4, 0.5) is 8.78 Å². The van der Waals surface area contributed by atoms with Crippen LogP contribution in [-0.2, 0) is 23.2 Å². The summed E-state index contributed by atoms with van der Waals surface area (Å²) in [5.41, 5.74) is -0.279. The third kappa shape index (κ3) is 5.19. The van der Waals surface area contributed by atoms with E-state index >= 15 is 0 Å². The molecule has 1 fully saturated rings. The topological polar surface area (TPSA) is 112 Å². The van der Waals surface area contributed by atoms with E-state index in [0.717, 1.165) is 12.3 Å². The number of β-amino-alcohol motifs (C(OH)–C–C–N with tert-alkyl or cyclic N) is 1. The second kappa shape index (κ2) is 9.52. The monoisotopic (exact) mass is 464 g/mol. The number of amides is 2. The van der Waals surface area contributed by atoms with Crippen molar-refractivity contribution in [2.45, 2.75) is 51.9 Å². The Balaban J connectivity index is 1.70. The van der Waals surface area contributed by atoms with E-state index in [9.17, 15) is 23.5 Å². The zero-order valence-electron chi connectivity index (χ0n) is 19.4. The highest BCUT2D eigenvalue weighted by Gasteiger charge is 2.43. The summed E-state index contributed by atoms with van der Waals surface area (Å²) in [6.07, 6.45) is 1.62. The normalized spacial score (nSPS) is 19.6. The number of rotatable bonds is 6. The molecular formula is C22H30F2N6O3. The summed E-state index contributed by atoms with van der Waals surface area (Å²) < 4.78 is 29.7. The number of likely N-dealkylation sites (N-methyl/N-ethyl adjacent to an activating group) is 1. The number of carbonyl (C=O) groups excluding carboxylic acids is 2. The van der Waals surface area contributed by atoms with Crippen molar-refractivity contribution in [1.82, 2.24) is 30.3 Å². The lowest BCUT2D eigenvalue weighted by Crippen LogP contribution is -2.55. The lowest BCUT2D eigenvalue weighted by atomic mass is 9.86. The summed E-state index contributed by atoms with van der Waals surface area (Å²) in [5, 5.41) is 19.5. The Kier molecular flexibility index (Phi) is 7.13. The van der Waals surface area contributed by atoms with E-state index in [4.69, 9.17) is 0 Å². The van der Waals surface area contributed by atoms with Gasteiger partial charge >= 0.3 is 0 Å². The van der Waals surface area contributed by atoms with Crippen LogP contribution in [0.15, 0.2) is 18.5 Å². The molecule has 1 aliphatic rings. The Labute approximate surface area is 191 Å². The number of aryl methyl sites for hydroxylation is 1. The zero-order valence-corrected chi connectivity index (χ0v) is 19.4. The van der Waals surface area contributed by atoms with Gasteiger partial charge in [0, 0.05) is 32.8 Å². The number of hydrogen-bond donors (Lipinski definition) is 3. The van der Waals surface area contributed by atoms with Crippen LogP contribution >= 0.6 is 0 Å². The summed E-state index contributed by atoms with van der Waals surface area (Å²) in [5.74, 6) is -2.16. The third-order valence-corrected chi connectivity index (χ3v) is 5.75. The van der Waals surface area contributed by atoms with Crippen LogP contribution < -0.4 is 10.6 Å². The van der Waals surface area contributed by atoms with Gasteiger partial charge < -0.3 is 20.6 Å². The van der Waals surface area contributed by atoms with Gasteiger partial charge in [0.05, 0.1) is 18.3 Å². The molecule has 1 saturated heterocycles. The van der Waals surface area contributed by atoms with E-state index in [1.165, 1.54) is 22.8 Å². The van der Waals surface area contributed by atoms with Crippen molar-refractivity contribution in [2.75, 3.05) is 13.6 Å². The van der Waals surface area contributed by atoms with Gasteiger partial charge in [-0.1, -0.05) is 20.8 Å². The van der Waals surface area contributed by atoms with Crippen molar-refractivity contribution in [1.29, 1.82) is 0 Å². The molecule has 0 spiro atoms. The van der Waals surface area contributed by atoms with Crippen molar-refractivity contribution in [2.24, 2.45) is 12.5 Å². The standard InChI is InChI=1S/C22H30F2N6O3/c1-22(2,3)19(25-4)21(33)30-11-13(31)7-16(30)20(32)27-9-12-6-14(23)17(26-8-12)18-15(24)10-28-29(18)5/h6,8,10,13,16,19,25,31H,7,9,11H2,1-5H3,(H,27,32)/t13-,16+,19?/m1/s1. The van der Waals surface area contributed by atoms with Gasteiger partial charge in [-0.2, -0.15) is 5.10 Å². The van der Waals surface area contributed by atoms with Crippen molar-refractivity contribution >= 4 is 11.8 Å². The maximum Gasteiger partial charge on any atom is 0.243 e. The van der Waals surface area contributed by atoms with E-state index < -0.39 is 41.1 Å². The second-order valence-corrected chi connectivity index (χ2v) is 9.34. The fourth-order valence-electron chi connectivity index (χ4n) is 4.13. The van der Waals surface area contributed by atoms with E-state index in [1.807, 2.05) is 20.8 Å². The molecule has 11 heteroatoms. The Morgan fingerprint density at radius 3 is 2.52 bits per heavy atom. The van der Waals surface area contributed by atoms with Gasteiger partial charge in [0.15, 0.2) is 11.6 Å². The Hall–Kier alpha value is -2.92. The molecule has 3 N–H and O–H groups in total. The van der Waals surface area contributed by atoms with Crippen LogP contribution in [0.3, 0.4) is 0 Å². The van der Waals surface area contributed by atoms with Crippen LogP contribution in [0, 0.1) is 17.0 Å². The minimum Gasteiger partial charge on any atom is -0.391 e. The molecule has 0 bridgehead atoms. The first-order chi connectivity index (χ1) is 15.4. The van der Waals surface area contributed by atoms with Crippen molar-refractivity contribution in [3.63, 3.8) is 0 Å². The number of nitrogens with one attached hydrogen (secondary N) is 2. The first kappa shape index (κ1) is 24.7. The zero-order chi connectivity index (χ0) is 24.5. The molecule has 9 nitrogen and oxygen atoms in total. The molecule has 0 saturated carbocycles. The molecule has 3 rings (SSSR count). The van der Waals surface area contributed by atoms with Crippen LogP contribution in [-0.4, -0.2) is 68.4 Å². The summed E-state index contributed by atoms with van der Waals surface area (Å²) in [6, 6.07) is -0.208. The molecule has 180 valence electrons. The number of aromatic nitrogens is 3. The molecular weight excluding hydrogens is 434 g/mol. The lowest BCUT2D eigenvalue weighted by Gasteiger charge is -2.34. The van der Waals surface area contributed by atoms with Gasteiger partial charge in [-0.25, -0.2) is 8.78 Å². The Morgan fingerprint density at radius 1 is 1.27 bits per heavy atom. The van der Waals surface area contributed by atoms with Crippen LogP contribution in [0.1, 0.15) is 32.8 Å². The molecule has 1 unspecified atom stereocenters. The average Bonchev–Trinajstić information content (AvgIpc) is 3.28. The first-order valence-electron chi connectivity index (χ1n) is 10.7. The Bertz CT molecular complexity index is 1020. The Morgan fingerprint density at radius 2 is 1.97 bits per heavy atom. The molecule has 1 aliphatic heterocycles. The van der Waals surface area contributed by atoms with Crippen molar-refractivity contribution in [3.05, 3.63) is 35.7 Å². The van der Waals surface area contributed by atoms with Gasteiger partial charge in [-0.05, 0) is 24.1 Å². The summed E-state index contributed by atoms with van der Waals surface area (Å²) in [7, 11) is 3.16. The number of halogens is 2. The fraction of sp³-hybridized carbons (Fsp3) is 0.545. The van der Waals surface area contributed by atoms with E-state index in [-0.39, 0.29) is 36.8 Å². The van der Waals surface area contributed by atoms with Gasteiger partial charge in [0.25, 0.3) is 0 Å². The predicted molar refractivity (Wildman–Crippen MR) is 117 cm³/mol. The molecule has 2 amide bonds. The highest BCUT2D eigenvalue weighted by atomic mass is 19.1. The number of aliphatic hydroxyl groups excluding tert-OH is 1. The number of pyridine rings is 1. The fourth-order valence-corrected chi connectivity index (χ4v) is 4.13. The number of aliphatic hydroxyl groups is 1. The molecule has 0 radical (unpaired) electrons. The molecule has 2 aromatic heterocycles. The summed E-state index contributed by atoms with van der Waals surface area (Å²) in [6.45, 7) is 5.76. The SMILES string of the molecule is CNC(C(=O)N1C[C@H](O)C[C@H]1C(=O)NCc1cnc(-c2c(F)cnn2C)c(F)c1)C(C)(C)C. The van der Waals surface area contributed by atoms with Gasteiger partial charge in [-0.15, -0.1) is 0 Å². The number of nitrogens with zero attached hydrogens (tertiary/aromatic N) is 4. The molecule has 3 heterocycles. The maximum atomic E-state index is 14.6. The second-order valence-electron chi connectivity index (χ2n) is 9.34. The minimum absolute atomic E-state index is 0.0414. The van der Waals surface area contributed by atoms with Crippen LogP contribution in [0.25, 0.3) is 11.4 Å². The molecule has 3 atom stereocenters. The number of likely N-dealkylation sites (tertiary alicyclic amines) is 1. The van der Waals surface area contributed by atoms with E-state index in [0.29, 0.717) is 5.56 Å². The largest absolute Gasteiger partial charge is 0.391 e. The predicted octanol–water partition coefficient (Wildman–Crippen LogP) is 0.972. The van der Waals surface area contributed by atoms with Crippen LogP contribution in [0.2, 0.25) is 0 Å². The van der Waals surface area contributed by atoms with Gasteiger partial charge in [0.1, 0.15) is 17.4 Å². The van der Waals surface area contributed by atoms with Crippen molar-refractivity contribution in [3.8, 4) is 11.4 Å². The summed E-state index contributed by atoms with van der Waals surface area (Å²) in [4.78, 5) is 31.3. The third-order valence-electron chi connectivity index (χ3n) is 5.75. The van der Waals surface area contributed by atoms with Gasteiger partial charge in [-0.3, -0.25) is 19.3 Å². The molecule has 0 aromatic carbocycles. The molecule has 0 aliphatic carbocycles. The number of hydrogen-bond acceptors (Lipinski definition) is 6. The lowest BCUT2D eigenvalue weighted by molar-refractivity contribution is -0.142. The minimum atomic E-state index is -0.841. The average molecular weight is 465 g/mol. The highest BCUT2D eigenvalue weighted by molar-refractivity contribution is 5.91. The highest BCUT2D eigenvalue weighted by Crippen LogP contribution is 2.26. The van der Waals surface area contributed by atoms with E-state index in [1.54, 1.807) is 7.05 Å². The first-order valence-corrected chi connectivity index (χ1v) is 10.7. The van der Waals surface area contributed by atoms with Crippen LogP contribution in [0.5, 0.6) is 0 Å². The number of carbonyl (C=O) groups is 2. The maximum absolute atomic E-state index is 14.6. The molecule has 33 heavy (non-hydrogen) atoms. The quantitative estimate of drug-likeness (QED) is 0.588. The van der Waals surface area contributed by atoms with E-state index in [2.05, 4.69) is 20.7 Å². The molecule has 2 aromatic rings. The smallest absolute Gasteiger partial charge is 0.243 e.